The summed E-state index contributed by atoms with van der Waals surface area (Å²) >= 11 is 5.88. The van der Waals surface area contributed by atoms with Crippen molar-refractivity contribution < 1.29 is 9.53 Å². The number of halogens is 1. The number of hydrogen-bond acceptors (Lipinski definition) is 2. The lowest BCUT2D eigenvalue weighted by Crippen LogP contribution is -2.25. The molecule has 15 heavy (non-hydrogen) atoms. The van der Waals surface area contributed by atoms with Crippen LogP contribution in [0.4, 0.5) is 0 Å². The Morgan fingerprint density at radius 3 is 2.40 bits per heavy atom. The summed E-state index contributed by atoms with van der Waals surface area (Å²) in [4.78, 5) is 11.0. The van der Waals surface area contributed by atoms with Gasteiger partial charge in [-0.05, 0) is 37.1 Å². The summed E-state index contributed by atoms with van der Waals surface area (Å²) in [6, 6.07) is 3.63. The molecule has 1 N–H and O–H groups in total. The Morgan fingerprint density at radius 2 is 1.93 bits per heavy atom. The molecule has 0 radical (unpaired) electrons. The van der Waals surface area contributed by atoms with E-state index in [1.54, 1.807) is 7.05 Å². The van der Waals surface area contributed by atoms with E-state index in [2.05, 4.69) is 5.32 Å². The second-order valence-electron chi connectivity index (χ2n) is 3.33. The molecule has 0 aliphatic rings. The predicted octanol–water partition coefficient (Wildman–Crippen LogP) is 2.08. The molecule has 1 aromatic rings. The number of carbonyl (C=O) groups is 1. The first-order chi connectivity index (χ1) is 7.04. The molecule has 82 valence electrons. The number of nitrogens with one attached hydrogen (secondary N) is 1. The third kappa shape index (κ3) is 3.13. The van der Waals surface area contributed by atoms with Gasteiger partial charge in [-0.1, -0.05) is 11.6 Å². The summed E-state index contributed by atoms with van der Waals surface area (Å²) in [7, 11) is 1.58. The maximum atomic E-state index is 11.0. The van der Waals surface area contributed by atoms with Crippen molar-refractivity contribution in [1.82, 2.24) is 5.32 Å². The highest BCUT2D eigenvalue weighted by atomic mass is 35.5. The van der Waals surface area contributed by atoms with Gasteiger partial charge >= 0.3 is 0 Å². The lowest BCUT2D eigenvalue weighted by Gasteiger charge is -2.11. The lowest BCUT2D eigenvalue weighted by molar-refractivity contribution is -0.122. The molecule has 0 aromatic heterocycles. The van der Waals surface area contributed by atoms with E-state index in [0.717, 1.165) is 16.9 Å². The summed E-state index contributed by atoms with van der Waals surface area (Å²) in [6.07, 6.45) is 0. The summed E-state index contributed by atoms with van der Waals surface area (Å²) < 4.78 is 5.40. The standard InChI is InChI=1S/C11H14ClNO2/c1-7-4-9(12)5-8(2)11(7)15-6-10(14)13-3/h4-5H,6H2,1-3H3,(H,13,14). The zero-order valence-electron chi connectivity index (χ0n) is 9.06. The Labute approximate surface area is 94.4 Å². The van der Waals surface area contributed by atoms with Crippen molar-refractivity contribution >= 4 is 17.5 Å². The molecule has 0 heterocycles. The number of hydrogen-bond donors (Lipinski definition) is 1. The number of ether oxygens (including phenoxy) is 1. The molecule has 0 saturated heterocycles. The van der Waals surface area contributed by atoms with Crippen LogP contribution in [-0.2, 0) is 4.79 Å². The average molecular weight is 228 g/mol. The average Bonchev–Trinajstić information content (AvgIpc) is 2.15. The van der Waals surface area contributed by atoms with Gasteiger partial charge in [-0.25, -0.2) is 0 Å². The first kappa shape index (κ1) is 11.9. The minimum Gasteiger partial charge on any atom is -0.483 e. The number of likely N-dealkylation sites (N-methyl/N-ethyl adjacent to an activating group) is 1. The van der Waals surface area contributed by atoms with Crippen LogP contribution < -0.4 is 10.1 Å². The second kappa shape index (κ2) is 5.03. The van der Waals surface area contributed by atoms with E-state index in [9.17, 15) is 4.79 Å². The fourth-order valence-corrected chi connectivity index (χ4v) is 1.66. The molecule has 1 amide bonds. The van der Waals surface area contributed by atoms with Crippen LogP contribution in [0.15, 0.2) is 12.1 Å². The Hall–Kier alpha value is -1.22. The first-order valence-electron chi connectivity index (χ1n) is 4.64. The summed E-state index contributed by atoms with van der Waals surface area (Å²) in [6.45, 7) is 3.83. The molecule has 4 heteroatoms. The van der Waals surface area contributed by atoms with E-state index in [1.165, 1.54) is 0 Å². The maximum absolute atomic E-state index is 11.0. The summed E-state index contributed by atoms with van der Waals surface area (Å²) in [5.41, 5.74) is 1.87. The fraction of sp³-hybridized carbons (Fsp3) is 0.364. The molecule has 0 spiro atoms. The van der Waals surface area contributed by atoms with Gasteiger partial charge in [0.1, 0.15) is 5.75 Å². The molecule has 1 rings (SSSR count). The topological polar surface area (TPSA) is 38.3 Å². The largest absolute Gasteiger partial charge is 0.483 e. The number of aryl methyl sites for hydroxylation is 2. The minimum atomic E-state index is -0.149. The quantitative estimate of drug-likeness (QED) is 0.859. The van der Waals surface area contributed by atoms with Crippen molar-refractivity contribution in [2.24, 2.45) is 0 Å². The van der Waals surface area contributed by atoms with Gasteiger partial charge in [0.15, 0.2) is 6.61 Å². The molecule has 0 bridgehead atoms. The predicted molar refractivity (Wildman–Crippen MR) is 60.5 cm³/mol. The van der Waals surface area contributed by atoms with Crippen LogP contribution in [-0.4, -0.2) is 19.6 Å². The van der Waals surface area contributed by atoms with Gasteiger partial charge in [0.05, 0.1) is 0 Å². The van der Waals surface area contributed by atoms with Gasteiger partial charge in [0, 0.05) is 12.1 Å². The smallest absolute Gasteiger partial charge is 0.257 e. The van der Waals surface area contributed by atoms with Crippen molar-refractivity contribution in [1.29, 1.82) is 0 Å². The third-order valence-electron chi connectivity index (χ3n) is 2.05. The molecular formula is C11H14ClNO2. The highest BCUT2D eigenvalue weighted by Crippen LogP contribution is 2.26. The van der Waals surface area contributed by atoms with Crippen molar-refractivity contribution in [3.05, 3.63) is 28.3 Å². The molecule has 0 fully saturated rings. The maximum Gasteiger partial charge on any atom is 0.257 e. The van der Waals surface area contributed by atoms with Crippen molar-refractivity contribution in [3.8, 4) is 5.75 Å². The Bertz CT molecular complexity index is 354. The molecule has 0 aliphatic carbocycles. The Morgan fingerprint density at radius 1 is 1.40 bits per heavy atom. The van der Waals surface area contributed by atoms with Crippen LogP contribution in [0, 0.1) is 13.8 Å². The zero-order valence-corrected chi connectivity index (χ0v) is 9.81. The highest BCUT2D eigenvalue weighted by molar-refractivity contribution is 6.30. The molecule has 0 unspecified atom stereocenters. The fourth-order valence-electron chi connectivity index (χ4n) is 1.33. The number of benzene rings is 1. The molecule has 0 aliphatic heterocycles. The Balaban J connectivity index is 2.81. The first-order valence-corrected chi connectivity index (χ1v) is 5.02. The Kier molecular flexibility index (Phi) is 3.97. The third-order valence-corrected chi connectivity index (χ3v) is 2.27. The molecule has 0 saturated carbocycles. The normalized spacial score (nSPS) is 9.87. The van der Waals surface area contributed by atoms with Crippen LogP contribution in [0.3, 0.4) is 0 Å². The van der Waals surface area contributed by atoms with Gasteiger partial charge in [0.2, 0.25) is 0 Å². The number of amides is 1. The van der Waals surface area contributed by atoms with E-state index < -0.39 is 0 Å². The summed E-state index contributed by atoms with van der Waals surface area (Å²) in [5, 5.41) is 3.17. The van der Waals surface area contributed by atoms with Crippen molar-refractivity contribution in [3.63, 3.8) is 0 Å². The minimum absolute atomic E-state index is 0.0276. The second-order valence-corrected chi connectivity index (χ2v) is 3.77. The van der Waals surface area contributed by atoms with Crippen molar-refractivity contribution in [2.75, 3.05) is 13.7 Å². The van der Waals surface area contributed by atoms with Gasteiger partial charge < -0.3 is 10.1 Å². The van der Waals surface area contributed by atoms with Gasteiger partial charge in [0.25, 0.3) is 5.91 Å². The van der Waals surface area contributed by atoms with Gasteiger partial charge in [-0.2, -0.15) is 0 Å². The monoisotopic (exact) mass is 227 g/mol. The lowest BCUT2D eigenvalue weighted by atomic mass is 10.1. The van der Waals surface area contributed by atoms with Crippen LogP contribution in [0.1, 0.15) is 11.1 Å². The number of rotatable bonds is 3. The van der Waals surface area contributed by atoms with Crippen LogP contribution in [0.2, 0.25) is 5.02 Å². The van der Waals surface area contributed by atoms with E-state index in [4.69, 9.17) is 16.3 Å². The highest BCUT2D eigenvalue weighted by Gasteiger charge is 2.07. The van der Waals surface area contributed by atoms with Crippen LogP contribution in [0.5, 0.6) is 5.75 Å². The SMILES string of the molecule is CNC(=O)COc1c(C)cc(Cl)cc1C. The van der Waals surface area contributed by atoms with Crippen LogP contribution in [0.25, 0.3) is 0 Å². The molecular weight excluding hydrogens is 214 g/mol. The van der Waals surface area contributed by atoms with Gasteiger partial charge in [-0.3, -0.25) is 4.79 Å². The van der Waals surface area contributed by atoms with E-state index in [0.29, 0.717) is 5.02 Å². The zero-order chi connectivity index (χ0) is 11.4. The van der Waals surface area contributed by atoms with Crippen LogP contribution >= 0.6 is 11.6 Å². The number of carbonyl (C=O) groups excluding carboxylic acids is 1. The van der Waals surface area contributed by atoms with E-state index in [-0.39, 0.29) is 12.5 Å². The molecule has 1 aromatic carbocycles. The van der Waals surface area contributed by atoms with E-state index >= 15 is 0 Å². The summed E-state index contributed by atoms with van der Waals surface area (Å²) in [5.74, 6) is 0.576. The molecule has 3 nitrogen and oxygen atoms in total. The van der Waals surface area contributed by atoms with E-state index in [1.807, 2.05) is 26.0 Å². The molecule has 0 atom stereocenters. The van der Waals surface area contributed by atoms with Crippen molar-refractivity contribution in [2.45, 2.75) is 13.8 Å². The van der Waals surface area contributed by atoms with Gasteiger partial charge in [-0.15, -0.1) is 0 Å².